The second-order valence-corrected chi connectivity index (χ2v) is 3.04. The van der Waals surface area contributed by atoms with Crippen LogP contribution in [-0.2, 0) is 11.3 Å². The van der Waals surface area contributed by atoms with Gasteiger partial charge in [0, 0.05) is 23.0 Å². The largest absolute Gasteiger partial charge is 0.377 e. The fourth-order valence-electron chi connectivity index (χ4n) is 1.08. The van der Waals surface area contributed by atoms with Crippen molar-refractivity contribution in [1.29, 1.82) is 0 Å². The molecule has 3 heteroatoms. The van der Waals surface area contributed by atoms with E-state index in [4.69, 9.17) is 9.57 Å². The highest BCUT2D eigenvalue weighted by atomic mass is 16.7. The SMILES string of the molecule is CCCO[n+]1cccc(COCC)c1. The average molecular weight is 196 g/mol. The van der Waals surface area contributed by atoms with Crippen molar-refractivity contribution in [2.45, 2.75) is 26.9 Å². The first-order chi connectivity index (χ1) is 6.86. The first kappa shape index (κ1) is 11.0. The zero-order valence-corrected chi connectivity index (χ0v) is 8.90. The van der Waals surface area contributed by atoms with Crippen LogP contribution in [0.4, 0.5) is 0 Å². The van der Waals surface area contributed by atoms with E-state index in [2.05, 4.69) is 6.92 Å². The third-order valence-electron chi connectivity index (χ3n) is 1.75. The van der Waals surface area contributed by atoms with Crippen LogP contribution in [0.25, 0.3) is 0 Å². The first-order valence-corrected chi connectivity index (χ1v) is 5.08. The minimum Gasteiger partial charge on any atom is -0.377 e. The van der Waals surface area contributed by atoms with E-state index in [-0.39, 0.29) is 0 Å². The van der Waals surface area contributed by atoms with Crippen LogP contribution in [0.3, 0.4) is 0 Å². The summed E-state index contributed by atoms with van der Waals surface area (Å²) in [7, 11) is 0. The lowest BCUT2D eigenvalue weighted by atomic mass is 10.3. The summed E-state index contributed by atoms with van der Waals surface area (Å²) in [5.41, 5.74) is 1.13. The Morgan fingerprint density at radius 3 is 2.93 bits per heavy atom. The van der Waals surface area contributed by atoms with Crippen LogP contribution in [0, 0.1) is 0 Å². The van der Waals surface area contributed by atoms with Crippen LogP contribution in [0.5, 0.6) is 0 Å². The molecule has 0 saturated carbocycles. The van der Waals surface area contributed by atoms with Gasteiger partial charge in [-0.25, -0.2) is 0 Å². The van der Waals surface area contributed by atoms with Gasteiger partial charge in [-0.1, -0.05) is 6.92 Å². The third kappa shape index (κ3) is 3.75. The molecule has 0 aliphatic heterocycles. The Bertz CT molecular complexity index is 240. The van der Waals surface area contributed by atoms with Gasteiger partial charge in [0.15, 0.2) is 6.61 Å². The minimum absolute atomic E-state index is 0.646. The van der Waals surface area contributed by atoms with E-state index in [1.54, 1.807) is 4.73 Å². The lowest BCUT2D eigenvalue weighted by molar-refractivity contribution is -0.891. The summed E-state index contributed by atoms with van der Waals surface area (Å²) in [5, 5.41) is 0. The maximum Gasteiger partial charge on any atom is 0.227 e. The van der Waals surface area contributed by atoms with Crippen LogP contribution in [0.1, 0.15) is 25.8 Å². The van der Waals surface area contributed by atoms with Gasteiger partial charge in [0.05, 0.1) is 6.61 Å². The summed E-state index contributed by atoms with van der Waals surface area (Å²) < 4.78 is 7.04. The second-order valence-electron chi connectivity index (χ2n) is 3.04. The number of ether oxygens (including phenoxy) is 1. The fourth-order valence-corrected chi connectivity index (χ4v) is 1.08. The number of nitrogens with zero attached hydrogens (tertiary/aromatic N) is 1. The van der Waals surface area contributed by atoms with E-state index in [1.165, 1.54) is 0 Å². The molecule has 14 heavy (non-hydrogen) atoms. The van der Waals surface area contributed by atoms with Gasteiger partial charge in [-0.3, -0.25) is 4.84 Å². The van der Waals surface area contributed by atoms with Gasteiger partial charge in [0.25, 0.3) is 0 Å². The van der Waals surface area contributed by atoms with Crippen molar-refractivity contribution >= 4 is 0 Å². The van der Waals surface area contributed by atoms with Crippen LogP contribution in [0.2, 0.25) is 0 Å². The Kier molecular flexibility index (Phi) is 5.00. The number of aromatic nitrogens is 1. The molecule has 0 atom stereocenters. The van der Waals surface area contributed by atoms with Gasteiger partial charge < -0.3 is 4.74 Å². The van der Waals surface area contributed by atoms with Crippen molar-refractivity contribution in [3.8, 4) is 0 Å². The van der Waals surface area contributed by atoms with Gasteiger partial charge in [-0.2, -0.15) is 0 Å². The number of pyridine rings is 1. The molecule has 0 N–H and O–H groups in total. The molecule has 0 spiro atoms. The van der Waals surface area contributed by atoms with Crippen molar-refractivity contribution in [1.82, 2.24) is 0 Å². The Hall–Kier alpha value is -1.09. The molecule has 0 aliphatic rings. The monoisotopic (exact) mass is 196 g/mol. The summed E-state index contributed by atoms with van der Waals surface area (Å²) in [6.07, 6.45) is 4.86. The van der Waals surface area contributed by atoms with Gasteiger partial charge in [0.2, 0.25) is 12.4 Å². The zero-order valence-electron chi connectivity index (χ0n) is 8.90. The molecule has 78 valence electrons. The maximum absolute atomic E-state index is 5.44. The highest BCUT2D eigenvalue weighted by Gasteiger charge is 2.02. The molecule has 1 aromatic rings. The highest BCUT2D eigenvalue weighted by Crippen LogP contribution is 1.96. The number of hydrogen-bond donors (Lipinski definition) is 0. The fraction of sp³-hybridized carbons (Fsp3) is 0.545. The van der Waals surface area contributed by atoms with Crippen LogP contribution < -0.4 is 9.57 Å². The predicted octanol–water partition coefficient (Wildman–Crippen LogP) is 1.35. The van der Waals surface area contributed by atoms with E-state index < -0.39 is 0 Å². The van der Waals surface area contributed by atoms with Crippen LogP contribution in [-0.4, -0.2) is 13.2 Å². The summed E-state index contributed by atoms with van der Waals surface area (Å²) in [5.74, 6) is 0. The van der Waals surface area contributed by atoms with E-state index in [9.17, 15) is 0 Å². The summed E-state index contributed by atoms with van der Waals surface area (Å²) >= 11 is 0. The minimum atomic E-state index is 0.646. The molecule has 0 radical (unpaired) electrons. The molecule has 0 amide bonds. The van der Waals surface area contributed by atoms with Crippen LogP contribution >= 0.6 is 0 Å². The standard InChI is InChI=1S/C11H18NO2/c1-3-8-14-12-7-5-6-11(9-12)10-13-4-2/h5-7,9H,3-4,8,10H2,1-2H3/q+1. The molecule has 0 bridgehead atoms. The molecular formula is C11H18NO2+. The number of rotatable bonds is 6. The van der Waals surface area contributed by atoms with Gasteiger partial charge in [-0.05, 0) is 19.4 Å². The highest BCUT2D eigenvalue weighted by molar-refractivity contribution is 5.03. The molecule has 0 fully saturated rings. The van der Waals surface area contributed by atoms with Crippen molar-refractivity contribution in [3.63, 3.8) is 0 Å². The molecule has 1 rings (SSSR count). The summed E-state index contributed by atoms with van der Waals surface area (Å²) in [6.45, 7) is 6.20. The van der Waals surface area contributed by atoms with Crippen molar-refractivity contribution in [3.05, 3.63) is 30.1 Å². The van der Waals surface area contributed by atoms with Gasteiger partial charge in [-0.15, -0.1) is 0 Å². The lowest BCUT2D eigenvalue weighted by Gasteiger charge is -2.00. The van der Waals surface area contributed by atoms with Gasteiger partial charge >= 0.3 is 0 Å². The van der Waals surface area contributed by atoms with E-state index >= 15 is 0 Å². The molecule has 1 heterocycles. The van der Waals surface area contributed by atoms with E-state index in [0.29, 0.717) is 6.61 Å². The quantitative estimate of drug-likeness (QED) is 0.641. The molecule has 0 aliphatic carbocycles. The topological polar surface area (TPSA) is 22.3 Å². The molecule has 0 saturated heterocycles. The van der Waals surface area contributed by atoms with E-state index in [1.807, 2.05) is 31.5 Å². The normalized spacial score (nSPS) is 10.1. The maximum atomic E-state index is 5.44. The third-order valence-corrected chi connectivity index (χ3v) is 1.75. The zero-order chi connectivity index (χ0) is 10.2. The predicted molar refractivity (Wildman–Crippen MR) is 53.7 cm³/mol. The number of hydrogen-bond acceptors (Lipinski definition) is 2. The Labute approximate surface area is 85.2 Å². The molecule has 3 nitrogen and oxygen atoms in total. The lowest BCUT2D eigenvalue weighted by Crippen LogP contribution is -2.42. The Balaban J connectivity index is 2.50. The second kappa shape index (κ2) is 6.38. The summed E-state index contributed by atoms with van der Waals surface area (Å²) in [6, 6.07) is 3.99. The molecule has 1 aromatic heterocycles. The average Bonchev–Trinajstić information content (AvgIpc) is 2.24. The molecular weight excluding hydrogens is 178 g/mol. The Morgan fingerprint density at radius 2 is 2.21 bits per heavy atom. The van der Waals surface area contributed by atoms with Gasteiger partial charge in [0.1, 0.15) is 0 Å². The van der Waals surface area contributed by atoms with Crippen molar-refractivity contribution in [2.24, 2.45) is 0 Å². The van der Waals surface area contributed by atoms with Crippen molar-refractivity contribution in [2.75, 3.05) is 13.2 Å². The van der Waals surface area contributed by atoms with E-state index in [0.717, 1.165) is 25.2 Å². The Morgan fingerprint density at radius 1 is 1.36 bits per heavy atom. The van der Waals surface area contributed by atoms with Crippen LogP contribution in [0.15, 0.2) is 24.5 Å². The first-order valence-electron chi connectivity index (χ1n) is 5.08. The van der Waals surface area contributed by atoms with Crippen molar-refractivity contribution < 1.29 is 14.3 Å². The molecule has 0 unspecified atom stereocenters. The summed E-state index contributed by atoms with van der Waals surface area (Å²) in [4.78, 5) is 5.44. The smallest absolute Gasteiger partial charge is 0.227 e. The molecule has 0 aromatic carbocycles.